The lowest BCUT2D eigenvalue weighted by atomic mass is 10.1. The van der Waals surface area contributed by atoms with Gasteiger partial charge in [-0.05, 0) is 42.2 Å². The summed E-state index contributed by atoms with van der Waals surface area (Å²) >= 11 is 6.30. The molecule has 2 N–H and O–H groups in total. The van der Waals surface area contributed by atoms with Gasteiger partial charge in [0.1, 0.15) is 5.75 Å². The number of hydrogen-bond acceptors (Lipinski definition) is 4. The fourth-order valence-electron chi connectivity index (χ4n) is 2.86. The second-order valence-electron chi connectivity index (χ2n) is 6.63. The normalized spacial score (nSPS) is 11.4. The third-order valence-electron chi connectivity index (χ3n) is 4.47. The van der Waals surface area contributed by atoms with Gasteiger partial charge in [0, 0.05) is 31.8 Å². The van der Waals surface area contributed by atoms with E-state index in [4.69, 9.17) is 25.8 Å². The van der Waals surface area contributed by atoms with Gasteiger partial charge in [-0.3, -0.25) is 4.99 Å². The van der Waals surface area contributed by atoms with Crippen molar-refractivity contribution in [3.63, 3.8) is 0 Å². The highest BCUT2D eigenvalue weighted by molar-refractivity contribution is 6.31. The van der Waals surface area contributed by atoms with E-state index in [-0.39, 0.29) is 0 Å². The number of nitrogens with zero attached hydrogens (tertiary/aromatic N) is 1. The minimum Gasteiger partial charge on any atom is -0.497 e. The van der Waals surface area contributed by atoms with Crippen molar-refractivity contribution in [2.24, 2.45) is 4.99 Å². The topological polar surface area (TPSA) is 64.1 Å². The van der Waals surface area contributed by atoms with Crippen LogP contribution in [0.2, 0.25) is 5.02 Å². The van der Waals surface area contributed by atoms with Crippen molar-refractivity contribution >= 4 is 17.6 Å². The summed E-state index contributed by atoms with van der Waals surface area (Å²) in [5.41, 5.74) is 3.38. The fraction of sp³-hybridized carbons (Fsp3) is 0.435. The molecular formula is C23H32ClN3O3. The summed E-state index contributed by atoms with van der Waals surface area (Å²) in [6.07, 6.45) is 0.790. The molecule has 2 rings (SSSR count). The first kappa shape index (κ1) is 24.0. The monoisotopic (exact) mass is 433 g/mol. The van der Waals surface area contributed by atoms with Crippen LogP contribution in [0, 0.1) is 0 Å². The highest BCUT2D eigenvalue weighted by Gasteiger charge is 2.04. The van der Waals surface area contributed by atoms with Crippen LogP contribution in [0.15, 0.2) is 47.5 Å². The van der Waals surface area contributed by atoms with E-state index < -0.39 is 0 Å². The average molecular weight is 434 g/mol. The number of aliphatic imine (C=N–C) groups is 1. The Hall–Kier alpha value is -2.28. The summed E-state index contributed by atoms with van der Waals surface area (Å²) in [4.78, 5) is 4.29. The van der Waals surface area contributed by atoms with Gasteiger partial charge in [0.25, 0.3) is 0 Å². The van der Waals surface area contributed by atoms with Crippen molar-refractivity contribution in [2.45, 2.75) is 26.5 Å². The van der Waals surface area contributed by atoms with Crippen LogP contribution in [0.1, 0.15) is 23.6 Å². The Morgan fingerprint density at radius 3 is 2.57 bits per heavy atom. The first-order valence-electron chi connectivity index (χ1n) is 10.2. The van der Waals surface area contributed by atoms with E-state index in [1.807, 2.05) is 31.2 Å². The summed E-state index contributed by atoms with van der Waals surface area (Å²) in [7, 11) is 3.39. The maximum Gasteiger partial charge on any atom is 0.191 e. The van der Waals surface area contributed by atoms with Crippen LogP contribution < -0.4 is 15.4 Å². The molecule has 7 heteroatoms. The quantitative estimate of drug-likeness (QED) is 0.303. The summed E-state index contributed by atoms with van der Waals surface area (Å²) in [6.45, 7) is 5.90. The predicted octanol–water partition coefficient (Wildman–Crippen LogP) is 3.81. The van der Waals surface area contributed by atoms with Gasteiger partial charge in [0.15, 0.2) is 5.96 Å². The van der Waals surface area contributed by atoms with Crippen molar-refractivity contribution in [3.8, 4) is 5.75 Å². The highest BCUT2D eigenvalue weighted by atomic mass is 35.5. The van der Waals surface area contributed by atoms with E-state index in [2.05, 4.69) is 33.8 Å². The molecule has 0 heterocycles. The molecule has 30 heavy (non-hydrogen) atoms. The zero-order valence-electron chi connectivity index (χ0n) is 18.0. The van der Waals surface area contributed by atoms with Crippen LogP contribution in [0.5, 0.6) is 5.75 Å². The molecule has 0 unspecified atom stereocenters. The van der Waals surface area contributed by atoms with E-state index in [9.17, 15) is 0 Å². The van der Waals surface area contributed by atoms with Gasteiger partial charge in [-0.2, -0.15) is 0 Å². The Bertz CT molecular complexity index is 799. The van der Waals surface area contributed by atoms with Gasteiger partial charge in [-0.15, -0.1) is 0 Å². The molecular weight excluding hydrogens is 402 g/mol. The van der Waals surface area contributed by atoms with Crippen molar-refractivity contribution in [1.82, 2.24) is 10.6 Å². The van der Waals surface area contributed by atoms with Gasteiger partial charge in [0.05, 0.1) is 26.9 Å². The minimum atomic E-state index is 0.580. The molecule has 0 amide bonds. The number of rotatable bonds is 12. The molecule has 0 saturated heterocycles. The lowest BCUT2D eigenvalue weighted by Gasteiger charge is -2.13. The number of halogens is 1. The van der Waals surface area contributed by atoms with Crippen LogP contribution in [-0.2, 0) is 29.0 Å². The van der Waals surface area contributed by atoms with Crippen LogP contribution in [0.3, 0.4) is 0 Å². The third-order valence-corrected chi connectivity index (χ3v) is 4.82. The Morgan fingerprint density at radius 1 is 1.03 bits per heavy atom. The summed E-state index contributed by atoms with van der Waals surface area (Å²) in [6, 6.07) is 14.1. The van der Waals surface area contributed by atoms with Crippen LogP contribution in [0.4, 0.5) is 0 Å². The maximum absolute atomic E-state index is 6.30. The fourth-order valence-corrected chi connectivity index (χ4v) is 3.13. The highest BCUT2D eigenvalue weighted by Crippen LogP contribution is 2.22. The molecule has 0 aliphatic carbocycles. The lowest BCUT2D eigenvalue weighted by Crippen LogP contribution is -2.37. The molecule has 0 radical (unpaired) electrons. The first-order chi connectivity index (χ1) is 14.7. The largest absolute Gasteiger partial charge is 0.497 e. The Balaban J connectivity index is 1.75. The van der Waals surface area contributed by atoms with Crippen LogP contribution in [0.25, 0.3) is 0 Å². The number of benzene rings is 2. The third kappa shape index (κ3) is 8.61. The zero-order valence-corrected chi connectivity index (χ0v) is 18.8. The summed E-state index contributed by atoms with van der Waals surface area (Å²) in [5, 5.41) is 7.37. The van der Waals surface area contributed by atoms with E-state index in [1.54, 1.807) is 14.2 Å². The number of ether oxygens (including phenoxy) is 3. The van der Waals surface area contributed by atoms with Gasteiger partial charge in [-0.1, -0.05) is 41.9 Å². The zero-order chi connectivity index (χ0) is 21.6. The SMILES string of the molecule is CCOCCOCc1cccc(CNC(=NC)NCCc2ccc(OC)cc2Cl)c1. The second-order valence-corrected chi connectivity index (χ2v) is 7.04. The van der Waals surface area contributed by atoms with Crippen molar-refractivity contribution in [2.75, 3.05) is 40.5 Å². The predicted molar refractivity (Wildman–Crippen MR) is 123 cm³/mol. The number of nitrogens with one attached hydrogen (secondary N) is 2. The summed E-state index contributed by atoms with van der Waals surface area (Å²) < 4.78 is 16.1. The van der Waals surface area contributed by atoms with E-state index in [0.29, 0.717) is 38.0 Å². The molecule has 0 bridgehead atoms. The van der Waals surface area contributed by atoms with E-state index >= 15 is 0 Å². The molecule has 2 aromatic carbocycles. The second kappa shape index (κ2) is 13.9. The number of guanidine groups is 1. The van der Waals surface area contributed by atoms with Crippen molar-refractivity contribution in [3.05, 3.63) is 64.2 Å². The lowest BCUT2D eigenvalue weighted by molar-refractivity contribution is 0.0453. The van der Waals surface area contributed by atoms with Gasteiger partial charge < -0.3 is 24.8 Å². The minimum absolute atomic E-state index is 0.580. The molecule has 164 valence electrons. The van der Waals surface area contributed by atoms with Gasteiger partial charge in [-0.25, -0.2) is 0 Å². The Kier molecular flexibility index (Phi) is 11.1. The summed E-state index contributed by atoms with van der Waals surface area (Å²) in [5.74, 6) is 1.51. The number of hydrogen-bond donors (Lipinski definition) is 2. The van der Waals surface area contributed by atoms with Crippen LogP contribution in [-0.4, -0.2) is 46.5 Å². The molecule has 0 aliphatic rings. The van der Waals surface area contributed by atoms with Crippen molar-refractivity contribution < 1.29 is 14.2 Å². The molecule has 0 saturated carbocycles. The van der Waals surface area contributed by atoms with Crippen molar-refractivity contribution in [1.29, 1.82) is 0 Å². The molecule has 6 nitrogen and oxygen atoms in total. The average Bonchev–Trinajstić information content (AvgIpc) is 2.77. The molecule has 0 fully saturated rings. The molecule has 0 spiro atoms. The Labute approximate surface area is 184 Å². The van der Waals surface area contributed by atoms with E-state index in [0.717, 1.165) is 35.8 Å². The van der Waals surface area contributed by atoms with E-state index in [1.165, 1.54) is 5.56 Å². The standard InChI is InChI=1S/C23H32ClN3O3/c1-4-29-12-13-30-17-19-7-5-6-18(14-19)16-27-23(25-2)26-11-10-20-8-9-21(28-3)15-22(20)24/h5-9,14-15H,4,10-13,16-17H2,1-3H3,(H2,25,26,27). The van der Waals surface area contributed by atoms with Gasteiger partial charge in [0.2, 0.25) is 0 Å². The smallest absolute Gasteiger partial charge is 0.191 e. The molecule has 0 aromatic heterocycles. The Morgan fingerprint density at radius 2 is 1.83 bits per heavy atom. The molecule has 0 atom stereocenters. The first-order valence-corrected chi connectivity index (χ1v) is 10.5. The number of methoxy groups -OCH3 is 1. The van der Waals surface area contributed by atoms with Crippen LogP contribution >= 0.6 is 11.6 Å². The maximum atomic E-state index is 6.30. The molecule has 0 aliphatic heterocycles. The van der Waals surface area contributed by atoms with Gasteiger partial charge >= 0.3 is 0 Å². The molecule has 2 aromatic rings.